The number of nitrogens with zero attached hydrogens (tertiary/aromatic N) is 1. The van der Waals surface area contributed by atoms with Crippen molar-refractivity contribution in [2.45, 2.75) is 19.3 Å². The summed E-state index contributed by atoms with van der Waals surface area (Å²) in [5.74, 6) is 1.19. The molecule has 0 bridgehead atoms. The highest BCUT2D eigenvalue weighted by molar-refractivity contribution is 5.92. The molecular formula is C15H17NO4. The van der Waals surface area contributed by atoms with Crippen molar-refractivity contribution in [2.75, 3.05) is 19.9 Å². The summed E-state index contributed by atoms with van der Waals surface area (Å²) in [6.45, 7) is 1.79. The van der Waals surface area contributed by atoms with E-state index >= 15 is 0 Å². The maximum atomic E-state index is 12.0. The van der Waals surface area contributed by atoms with Gasteiger partial charge in [0, 0.05) is 30.8 Å². The normalized spacial score (nSPS) is 17.7. The molecule has 0 unspecified atom stereocenters. The number of ether oxygens (including phenoxy) is 2. The topological polar surface area (TPSA) is 59.0 Å². The molecule has 5 nitrogen and oxygen atoms in total. The zero-order valence-electron chi connectivity index (χ0n) is 11.2. The molecule has 2 aliphatic rings. The molecule has 3 rings (SSSR count). The Hall–Kier alpha value is -2.17. The minimum absolute atomic E-state index is 0.0123. The lowest BCUT2D eigenvalue weighted by Crippen LogP contribution is -2.34. The second-order valence-corrected chi connectivity index (χ2v) is 4.98. The van der Waals surface area contributed by atoms with Gasteiger partial charge in [-0.1, -0.05) is 0 Å². The number of amides is 1. The molecule has 5 heteroatoms. The van der Waals surface area contributed by atoms with E-state index in [1.54, 1.807) is 12.1 Å². The number of benzene rings is 1. The molecule has 2 aliphatic heterocycles. The van der Waals surface area contributed by atoms with Crippen LogP contribution in [0.15, 0.2) is 18.2 Å². The van der Waals surface area contributed by atoms with E-state index in [4.69, 9.17) is 9.47 Å². The van der Waals surface area contributed by atoms with E-state index in [1.165, 1.54) is 18.6 Å². The van der Waals surface area contributed by atoms with Gasteiger partial charge in [0.05, 0.1) is 0 Å². The summed E-state index contributed by atoms with van der Waals surface area (Å²) in [6, 6.07) is 3.19. The fourth-order valence-corrected chi connectivity index (χ4v) is 2.46. The van der Waals surface area contributed by atoms with Crippen LogP contribution >= 0.6 is 0 Å². The van der Waals surface area contributed by atoms with Crippen LogP contribution in [0.5, 0.6) is 17.2 Å². The lowest BCUT2D eigenvalue weighted by molar-refractivity contribution is -0.126. The molecule has 1 amide bonds. The molecule has 1 aromatic rings. The van der Waals surface area contributed by atoms with Gasteiger partial charge in [0.1, 0.15) is 5.75 Å². The molecule has 0 spiro atoms. The predicted molar refractivity (Wildman–Crippen MR) is 73.7 cm³/mol. The first-order valence-corrected chi connectivity index (χ1v) is 6.83. The van der Waals surface area contributed by atoms with Crippen molar-refractivity contribution in [3.63, 3.8) is 0 Å². The van der Waals surface area contributed by atoms with E-state index in [9.17, 15) is 9.90 Å². The third-order valence-electron chi connectivity index (χ3n) is 3.60. The second kappa shape index (κ2) is 5.45. The molecule has 0 saturated carbocycles. The van der Waals surface area contributed by atoms with Gasteiger partial charge in [0.25, 0.3) is 0 Å². The van der Waals surface area contributed by atoms with Gasteiger partial charge in [-0.15, -0.1) is 0 Å². The number of phenols is 1. The number of hydrogen-bond donors (Lipinski definition) is 1. The van der Waals surface area contributed by atoms with Crippen LogP contribution in [-0.4, -0.2) is 35.8 Å². The maximum Gasteiger partial charge on any atom is 0.246 e. The average Bonchev–Trinajstić information content (AvgIpc) is 2.92. The van der Waals surface area contributed by atoms with Gasteiger partial charge in [0.2, 0.25) is 12.7 Å². The van der Waals surface area contributed by atoms with Crippen LogP contribution < -0.4 is 9.47 Å². The predicted octanol–water partition coefficient (Wildman–Crippen LogP) is 2.15. The Bertz CT molecular complexity index is 547. The average molecular weight is 275 g/mol. The Balaban J connectivity index is 1.73. The van der Waals surface area contributed by atoms with E-state index in [-0.39, 0.29) is 18.4 Å². The van der Waals surface area contributed by atoms with Gasteiger partial charge in [-0.3, -0.25) is 4.79 Å². The molecule has 0 aromatic heterocycles. The largest absolute Gasteiger partial charge is 0.507 e. The third kappa shape index (κ3) is 2.57. The molecule has 1 saturated heterocycles. The first-order chi connectivity index (χ1) is 9.74. The summed E-state index contributed by atoms with van der Waals surface area (Å²) in [6.07, 6.45) is 6.44. The molecule has 106 valence electrons. The minimum Gasteiger partial charge on any atom is -0.507 e. The summed E-state index contributed by atoms with van der Waals surface area (Å²) in [5, 5.41) is 9.89. The van der Waals surface area contributed by atoms with Crippen molar-refractivity contribution in [3.8, 4) is 17.2 Å². The number of carbonyl (C=O) groups is 1. The Morgan fingerprint density at radius 1 is 1.15 bits per heavy atom. The first-order valence-electron chi connectivity index (χ1n) is 6.83. The van der Waals surface area contributed by atoms with Gasteiger partial charge in [-0.25, -0.2) is 0 Å². The third-order valence-corrected chi connectivity index (χ3v) is 3.60. The number of phenolic OH excluding ortho intramolecular Hbond substituents is 1. The van der Waals surface area contributed by atoms with Gasteiger partial charge in [-0.2, -0.15) is 0 Å². The van der Waals surface area contributed by atoms with Crippen LogP contribution in [0.3, 0.4) is 0 Å². The fraction of sp³-hybridized carbons (Fsp3) is 0.400. The molecule has 1 aromatic carbocycles. The lowest BCUT2D eigenvalue weighted by Gasteiger charge is -2.25. The maximum absolute atomic E-state index is 12.0. The number of aromatic hydroxyl groups is 1. The summed E-state index contributed by atoms with van der Waals surface area (Å²) >= 11 is 0. The molecule has 1 N–H and O–H groups in total. The molecule has 20 heavy (non-hydrogen) atoms. The lowest BCUT2D eigenvalue weighted by atomic mass is 10.1. The highest BCUT2D eigenvalue weighted by atomic mass is 16.7. The summed E-state index contributed by atoms with van der Waals surface area (Å²) in [5.41, 5.74) is 0.555. The Morgan fingerprint density at radius 3 is 2.60 bits per heavy atom. The second-order valence-electron chi connectivity index (χ2n) is 4.98. The molecular weight excluding hydrogens is 258 g/mol. The molecule has 2 heterocycles. The smallest absolute Gasteiger partial charge is 0.246 e. The number of fused-ring (bicyclic) bond motifs is 1. The zero-order valence-corrected chi connectivity index (χ0v) is 11.2. The Kier molecular flexibility index (Phi) is 3.50. The van der Waals surface area contributed by atoms with Crippen LogP contribution in [0.25, 0.3) is 6.08 Å². The van der Waals surface area contributed by atoms with E-state index in [0.717, 1.165) is 25.9 Å². The fourth-order valence-electron chi connectivity index (χ4n) is 2.46. The van der Waals surface area contributed by atoms with Gasteiger partial charge in [-0.05, 0) is 31.4 Å². The van der Waals surface area contributed by atoms with Crippen molar-refractivity contribution in [2.24, 2.45) is 0 Å². The van der Waals surface area contributed by atoms with E-state index in [2.05, 4.69) is 0 Å². The minimum atomic E-state index is -0.0123. The standard InChI is InChI=1S/C15H17NO4/c17-12-9-14-13(19-10-20-14)8-11(12)4-5-15(18)16-6-2-1-3-7-16/h4-5,8-9,17H,1-3,6-7,10H2/b5-4+. The number of piperidine rings is 1. The quantitative estimate of drug-likeness (QED) is 0.840. The van der Waals surface area contributed by atoms with Crippen molar-refractivity contribution in [1.29, 1.82) is 0 Å². The van der Waals surface area contributed by atoms with Crippen LogP contribution in [0.4, 0.5) is 0 Å². The number of likely N-dealkylation sites (tertiary alicyclic amines) is 1. The SMILES string of the molecule is O=C(/C=C/c1cc2c(cc1O)OCO2)N1CCCCC1. The monoisotopic (exact) mass is 275 g/mol. The number of carbonyl (C=O) groups excluding carboxylic acids is 1. The van der Waals surface area contributed by atoms with Crippen molar-refractivity contribution >= 4 is 12.0 Å². The van der Waals surface area contributed by atoms with Crippen LogP contribution in [-0.2, 0) is 4.79 Å². The Morgan fingerprint density at radius 2 is 1.85 bits per heavy atom. The van der Waals surface area contributed by atoms with Crippen molar-refractivity contribution in [3.05, 3.63) is 23.8 Å². The molecule has 0 radical (unpaired) electrons. The van der Waals surface area contributed by atoms with Gasteiger partial charge in [0.15, 0.2) is 11.5 Å². The number of rotatable bonds is 2. The summed E-state index contributed by atoms with van der Waals surface area (Å²) < 4.78 is 10.4. The summed E-state index contributed by atoms with van der Waals surface area (Å²) in [4.78, 5) is 13.9. The van der Waals surface area contributed by atoms with E-state index < -0.39 is 0 Å². The first kappa shape index (κ1) is 12.8. The summed E-state index contributed by atoms with van der Waals surface area (Å²) in [7, 11) is 0. The van der Waals surface area contributed by atoms with Crippen molar-refractivity contribution in [1.82, 2.24) is 4.90 Å². The highest BCUT2D eigenvalue weighted by Crippen LogP contribution is 2.38. The van der Waals surface area contributed by atoms with E-state index in [1.807, 2.05) is 4.90 Å². The highest BCUT2D eigenvalue weighted by Gasteiger charge is 2.17. The zero-order chi connectivity index (χ0) is 13.9. The van der Waals surface area contributed by atoms with Crippen molar-refractivity contribution < 1.29 is 19.4 Å². The van der Waals surface area contributed by atoms with Crippen LogP contribution in [0.1, 0.15) is 24.8 Å². The molecule has 0 aliphatic carbocycles. The molecule has 0 atom stereocenters. The van der Waals surface area contributed by atoms with Gasteiger partial charge >= 0.3 is 0 Å². The van der Waals surface area contributed by atoms with Crippen LogP contribution in [0, 0.1) is 0 Å². The van der Waals surface area contributed by atoms with Gasteiger partial charge < -0.3 is 19.5 Å². The Labute approximate surface area is 117 Å². The number of hydrogen-bond acceptors (Lipinski definition) is 4. The van der Waals surface area contributed by atoms with Crippen LogP contribution in [0.2, 0.25) is 0 Å². The van der Waals surface area contributed by atoms with E-state index in [0.29, 0.717) is 17.1 Å². The molecule has 1 fully saturated rings.